The number of rotatable bonds is 8. The van der Waals surface area contributed by atoms with Gasteiger partial charge in [0.2, 0.25) is 0 Å². The highest BCUT2D eigenvalue weighted by molar-refractivity contribution is 6.00. The first-order chi connectivity index (χ1) is 15.2. The summed E-state index contributed by atoms with van der Waals surface area (Å²) >= 11 is 0. The molecule has 0 N–H and O–H groups in total. The van der Waals surface area contributed by atoms with Crippen molar-refractivity contribution >= 4 is 5.78 Å². The van der Waals surface area contributed by atoms with Crippen LogP contribution in [-0.2, 0) is 6.54 Å². The van der Waals surface area contributed by atoms with Gasteiger partial charge in [-0.25, -0.2) is 0 Å². The zero-order valence-electron chi connectivity index (χ0n) is 18.4. The molecule has 31 heavy (non-hydrogen) atoms. The van der Waals surface area contributed by atoms with E-state index in [9.17, 15) is 4.79 Å². The Balaban J connectivity index is 1.74. The molecule has 0 bridgehead atoms. The summed E-state index contributed by atoms with van der Waals surface area (Å²) in [6.07, 6.45) is 3.56. The van der Waals surface area contributed by atoms with Gasteiger partial charge < -0.3 is 0 Å². The number of hydrogen-bond donors (Lipinski definition) is 0. The first-order valence-electron chi connectivity index (χ1n) is 11.4. The maximum atomic E-state index is 13.9. The molecular formula is C28H32N2O. The number of carbonyl (C=O) groups is 1. The average molecular weight is 413 g/mol. The molecule has 0 spiro atoms. The highest BCUT2D eigenvalue weighted by atomic mass is 16.1. The predicted octanol–water partition coefficient (Wildman–Crippen LogP) is 5.60. The molecule has 1 saturated heterocycles. The number of hydrogen-bond acceptors (Lipinski definition) is 3. The van der Waals surface area contributed by atoms with Gasteiger partial charge in [0.1, 0.15) is 0 Å². The van der Waals surface area contributed by atoms with E-state index in [0.717, 1.165) is 38.0 Å². The molecule has 2 unspecified atom stereocenters. The molecule has 160 valence electrons. The largest absolute Gasteiger partial charge is 0.293 e. The van der Waals surface area contributed by atoms with Gasteiger partial charge in [-0.2, -0.15) is 0 Å². The van der Waals surface area contributed by atoms with E-state index < -0.39 is 0 Å². The Bertz CT molecular complexity index is 937. The van der Waals surface area contributed by atoms with Crippen molar-refractivity contribution in [2.24, 2.45) is 0 Å². The van der Waals surface area contributed by atoms with Crippen LogP contribution in [0, 0.1) is 0 Å². The van der Waals surface area contributed by atoms with Crippen molar-refractivity contribution in [3.05, 3.63) is 108 Å². The van der Waals surface area contributed by atoms with Crippen molar-refractivity contribution in [2.75, 3.05) is 20.1 Å². The second-order valence-corrected chi connectivity index (χ2v) is 8.53. The third-order valence-corrected chi connectivity index (χ3v) is 6.30. The van der Waals surface area contributed by atoms with E-state index in [1.807, 2.05) is 42.5 Å². The van der Waals surface area contributed by atoms with Crippen molar-refractivity contribution in [3.63, 3.8) is 0 Å². The molecule has 3 nitrogen and oxygen atoms in total. The maximum Gasteiger partial charge on any atom is 0.181 e. The number of carbonyl (C=O) groups excluding carboxylic acids is 1. The molecular weight excluding hydrogens is 380 g/mol. The molecule has 0 amide bonds. The van der Waals surface area contributed by atoms with E-state index >= 15 is 0 Å². The van der Waals surface area contributed by atoms with Gasteiger partial charge in [-0.3, -0.25) is 14.6 Å². The van der Waals surface area contributed by atoms with E-state index in [1.54, 1.807) is 0 Å². The molecule has 0 aliphatic carbocycles. The van der Waals surface area contributed by atoms with Crippen molar-refractivity contribution < 1.29 is 4.79 Å². The fourth-order valence-electron chi connectivity index (χ4n) is 4.78. The monoisotopic (exact) mass is 412 g/mol. The Morgan fingerprint density at radius 2 is 1.35 bits per heavy atom. The Morgan fingerprint density at radius 3 is 1.97 bits per heavy atom. The van der Waals surface area contributed by atoms with Crippen LogP contribution in [0.5, 0.6) is 0 Å². The molecule has 3 aromatic carbocycles. The molecule has 1 aliphatic rings. The molecule has 3 aromatic rings. The summed E-state index contributed by atoms with van der Waals surface area (Å²) in [5, 5.41) is 0. The van der Waals surface area contributed by atoms with Gasteiger partial charge in [-0.1, -0.05) is 97.4 Å². The lowest BCUT2D eigenvalue weighted by molar-refractivity contribution is 0.0525. The fourth-order valence-corrected chi connectivity index (χ4v) is 4.78. The van der Waals surface area contributed by atoms with Crippen LogP contribution in [0.2, 0.25) is 0 Å². The quantitative estimate of drug-likeness (QED) is 0.450. The summed E-state index contributed by atoms with van der Waals surface area (Å²) in [6.45, 7) is 2.75. The minimum atomic E-state index is -0.209. The van der Waals surface area contributed by atoms with Crippen LogP contribution in [0.25, 0.3) is 0 Å². The SMILES string of the molecule is CN(Cc1ccccc1)C(c1ccccc1)C(C(=O)c1ccccc1)N1CCCCC1. The summed E-state index contributed by atoms with van der Waals surface area (Å²) < 4.78 is 0. The lowest BCUT2D eigenvalue weighted by Crippen LogP contribution is -2.51. The lowest BCUT2D eigenvalue weighted by atomic mass is 9.89. The Hall–Kier alpha value is -2.75. The topological polar surface area (TPSA) is 23.6 Å². The minimum absolute atomic E-state index is 0.0211. The summed E-state index contributed by atoms with van der Waals surface area (Å²) in [4.78, 5) is 18.7. The summed E-state index contributed by atoms with van der Waals surface area (Å²) in [5.41, 5.74) is 3.25. The second kappa shape index (κ2) is 10.5. The van der Waals surface area contributed by atoms with Crippen LogP contribution in [0.15, 0.2) is 91.0 Å². The number of ketones is 1. The maximum absolute atomic E-state index is 13.9. The smallest absolute Gasteiger partial charge is 0.181 e. The van der Waals surface area contributed by atoms with Crippen LogP contribution >= 0.6 is 0 Å². The predicted molar refractivity (Wildman–Crippen MR) is 127 cm³/mol. The van der Waals surface area contributed by atoms with Gasteiger partial charge in [0.25, 0.3) is 0 Å². The highest BCUT2D eigenvalue weighted by Gasteiger charge is 2.37. The number of nitrogens with zero attached hydrogens (tertiary/aromatic N) is 2. The summed E-state index contributed by atoms with van der Waals surface area (Å²) in [6, 6.07) is 30.7. The average Bonchev–Trinajstić information content (AvgIpc) is 2.84. The molecule has 4 rings (SSSR count). The molecule has 0 radical (unpaired) electrons. The first kappa shape index (κ1) is 21.5. The third kappa shape index (κ3) is 5.30. The molecule has 3 heteroatoms. The number of likely N-dealkylation sites (tertiary alicyclic amines) is 1. The third-order valence-electron chi connectivity index (χ3n) is 6.30. The van der Waals surface area contributed by atoms with Crippen LogP contribution in [0.4, 0.5) is 0 Å². The van der Waals surface area contributed by atoms with Gasteiger partial charge in [0.05, 0.1) is 12.1 Å². The van der Waals surface area contributed by atoms with Crippen LogP contribution in [-0.4, -0.2) is 41.8 Å². The molecule has 1 fully saturated rings. The van der Waals surface area contributed by atoms with Crippen molar-refractivity contribution in [1.29, 1.82) is 0 Å². The van der Waals surface area contributed by atoms with Crippen LogP contribution < -0.4 is 0 Å². The van der Waals surface area contributed by atoms with Crippen LogP contribution in [0.1, 0.15) is 46.8 Å². The number of Topliss-reactive ketones (excluding diaryl/α,β-unsaturated/α-hetero) is 1. The van der Waals surface area contributed by atoms with E-state index in [0.29, 0.717) is 0 Å². The molecule has 0 aromatic heterocycles. The summed E-state index contributed by atoms with van der Waals surface area (Å²) in [5.74, 6) is 0.219. The standard InChI is InChI=1S/C28H32N2O/c1-29(22-23-14-6-2-7-15-23)26(24-16-8-3-9-17-24)27(30-20-12-5-13-21-30)28(31)25-18-10-4-11-19-25/h2-4,6-11,14-19,26-27H,5,12-13,20-22H2,1H3. The van der Waals surface area contributed by atoms with E-state index in [1.165, 1.54) is 17.5 Å². The Labute approximate surface area is 186 Å². The van der Waals surface area contributed by atoms with E-state index in [2.05, 4.69) is 65.4 Å². The minimum Gasteiger partial charge on any atom is -0.293 e. The first-order valence-corrected chi connectivity index (χ1v) is 11.4. The van der Waals surface area contributed by atoms with Crippen molar-refractivity contribution in [1.82, 2.24) is 9.80 Å². The van der Waals surface area contributed by atoms with Gasteiger partial charge in [-0.05, 0) is 44.1 Å². The normalized spacial score (nSPS) is 16.7. The fraction of sp³-hybridized carbons (Fsp3) is 0.321. The number of benzene rings is 3. The zero-order valence-corrected chi connectivity index (χ0v) is 18.4. The molecule has 1 heterocycles. The highest BCUT2D eigenvalue weighted by Crippen LogP contribution is 2.32. The Morgan fingerprint density at radius 1 is 0.806 bits per heavy atom. The second-order valence-electron chi connectivity index (χ2n) is 8.53. The zero-order chi connectivity index (χ0) is 21.5. The van der Waals surface area contributed by atoms with Gasteiger partial charge in [-0.15, -0.1) is 0 Å². The van der Waals surface area contributed by atoms with Gasteiger partial charge in [0.15, 0.2) is 5.78 Å². The lowest BCUT2D eigenvalue weighted by Gasteiger charge is -2.42. The Kier molecular flexibility index (Phi) is 7.29. The number of likely N-dealkylation sites (N-methyl/N-ethyl adjacent to an activating group) is 1. The van der Waals surface area contributed by atoms with E-state index in [4.69, 9.17) is 0 Å². The van der Waals surface area contributed by atoms with Gasteiger partial charge >= 0.3 is 0 Å². The van der Waals surface area contributed by atoms with Crippen molar-refractivity contribution in [3.8, 4) is 0 Å². The molecule has 2 atom stereocenters. The number of piperidine rings is 1. The molecule has 0 saturated carbocycles. The van der Waals surface area contributed by atoms with E-state index in [-0.39, 0.29) is 17.9 Å². The van der Waals surface area contributed by atoms with Crippen molar-refractivity contribution in [2.45, 2.75) is 37.9 Å². The van der Waals surface area contributed by atoms with Crippen LogP contribution in [0.3, 0.4) is 0 Å². The molecule has 1 aliphatic heterocycles. The van der Waals surface area contributed by atoms with Gasteiger partial charge in [0, 0.05) is 12.1 Å². The summed E-state index contributed by atoms with van der Waals surface area (Å²) in [7, 11) is 2.15.